The lowest BCUT2D eigenvalue weighted by atomic mass is 9.96. The number of alkyl halides is 3. The van der Waals surface area contributed by atoms with Crippen molar-refractivity contribution >= 4 is 24.3 Å². The number of carboxylic acid groups (broad SMARTS) is 1. The van der Waals surface area contributed by atoms with Gasteiger partial charge in [-0.3, -0.25) is 9.59 Å². The Morgan fingerprint density at radius 1 is 1.39 bits per heavy atom. The third kappa shape index (κ3) is 4.17. The summed E-state index contributed by atoms with van der Waals surface area (Å²) in [5, 5.41) is 8.91. The van der Waals surface area contributed by atoms with E-state index in [1.54, 1.807) is 0 Å². The number of hydrogen-bond acceptors (Lipinski definition) is 4. The lowest BCUT2D eigenvalue weighted by Gasteiger charge is -2.17. The van der Waals surface area contributed by atoms with E-state index in [9.17, 15) is 22.8 Å². The molecule has 0 bridgehead atoms. The van der Waals surface area contributed by atoms with Crippen molar-refractivity contribution < 1.29 is 37.0 Å². The van der Waals surface area contributed by atoms with Crippen molar-refractivity contribution in [2.75, 3.05) is 20.2 Å². The van der Waals surface area contributed by atoms with Crippen molar-refractivity contribution in [3.05, 3.63) is 23.7 Å². The van der Waals surface area contributed by atoms with Crippen LogP contribution < -0.4 is 0 Å². The van der Waals surface area contributed by atoms with Gasteiger partial charge in [-0.15, -0.1) is 12.4 Å². The summed E-state index contributed by atoms with van der Waals surface area (Å²) in [6.45, 7) is -1.07. The zero-order valence-corrected chi connectivity index (χ0v) is 12.8. The molecule has 130 valence electrons. The zero-order valence-electron chi connectivity index (χ0n) is 12.0. The average Bonchev–Trinajstić information content (AvgIpc) is 3.04. The number of likely N-dealkylation sites (tertiary alicyclic amines) is 1. The number of halogens is 4. The topological polar surface area (TPSA) is 80.0 Å². The minimum atomic E-state index is -4.68. The van der Waals surface area contributed by atoms with Gasteiger partial charge < -0.3 is 19.2 Å². The quantitative estimate of drug-likeness (QED) is 0.893. The van der Waals surface area contributed by atoms with E-state index in [0.717, 1.165) is 4.90 Å². The minimum absolute atomic E-state index is 0. The average molecular weight is 358 g/mol. The molecule has 1 aliphatic rings. The first kappa shape index (κ1) is 19.3. The number of aliphatic carboxylic acids is 1. The highest BCUT2D eigenvalue weighted by Gasteiger charge is 2.53. The van der Waals surface area contributed by atoms with Crippen LogP contribution in [0.25, 0.3) is 0 Å². The zero-order chi connectivity index (χ0) is 16.5. The molecule has 0 radical (unpaired) electrons. The molecule has 1 aliphatic heterocycles. The number of rotatable bonds is 4. The van der Waals surface area contributed by atoms with Crippen molar-refractivity contribution in [3.63, 3.8) is 0 Å². The minimum Gasteiger partial charge on any atom is -0.481 e. The van der Waals surface area contributed by atoms with E-state index in [-0.39, 0.29) is 24.8 Å². The summed E-state index contributed by atoms with van der Waals surface area (Å²) in [5.41, 5.74) is 0. The Morgan fingerprint density at radius 2 is 2.04 bits per heavy atom. The van der Waals surface area contributed by atoms with Crippen LogP contribution in [0.5, 0.6) is 0 Å². The van der Waals surface area contributed by atoms with Crippen LogP contribution in [0.4, 0.5) is 13.2 Å². The number of carbonyl (C=O) groups is 2. The summed E-state index contributed by atoms with van der Waals surface area (Å²) in [6.07, 6.45) is -4.68. The van der Waals surface area contributed by atoms with Gasteiger partial charge in [-0.2, -0.15) is 13.2 Å². The van der Waals surface area contributed by atoms with Gasteiger partial charge in [-0.05, 0) is 12.1 Å². The van der Waals surface area contributed by atoms with Crippen molar-refractivity contribution in [1.82, 2.24) is 4.90 Å². The largest absolute Gasteiger partial charge is 0.481 e. The Bertz CT molecular complexity index is 574. The molecule has 10 heteroatoms. The first-order valence-corrected chi connectivity index (χ1v) is 6.40. The monoisotopic (exact) mass is 357 g/mol. The van der Waals surface area contributed by atoms with Gasteiger partial charge in [-0.1, -0.05) is 0 Å². The van der Waals surface area contributed by atoms with Crippen LogP contribution in [-0.2, 0) is 16.1 Å². The summed E-state index contributed by atoms with van der Waals surface area (Å²) >= 11 is 0. The maximum absolute atomic E-state index is 12.9. The lowest BCUT2D eigenvalue weighted by Crippen LogP contribution is -2.34. The highest BCUT2D eigenvalue weighted by Crippen LogP contribution is 2.38. The highest BCUT2D eigenvalue weighted by atomic mass is 35.5. The third-order valence-electron chi connectivity index (χ3n) is 3.50. The second-order valence-corrected chi connectivity index (χ2v) is 5.00. The van der Waals surface area contributed by atoms with Gasteiger partial charge >= 0.3 is 12.1 Å². The normalized spacial score (nSPS) is 21.1. The van der Waals surface area contributed by atoms with Crippen LogP contribution in [0.1, 0.15) is 16.3 Å². The van der Waals surface area contributed by atoms with Gasteiger partial charge in [0.1, 0.15) is 12.4 Å². The molecule has 23 heavy (non-hydrogen) atoms. The Labute approximate surface area is 135 Å². The molecule has 2 atom stereocenters. The number of carbonyl (C=O) groups excluding carboxylic acids is 1. The highest BCUT2D eigenvalue weighted by molar-refractivity contribution is 5.92. The summed E-state index contributed by atoms with van der Waals surface area (Å²) in [5.74, 6) is -5.87. The van der Waals surface area contributed by atoms with Crippen LogP contribution in [0.2, 0.25) is 0 Å². The van der Waals surface area contributed by atoms with Gasteiger partial charge in [0.25, 0.3) is 5.91 Å². The van der Waals surface area contributed by atoms with Gasteiger partial charge in [0.15, 0.2) is 5.76 Å². The van der Waals surface area contributed by atoms with Gasteiger partial charge in [-0.25, -0.2) is 0 Å². The van der Waals surface area contributed by atoms with Gasteiger partial charge in [0.05, 0.1) is 11.8 Å². The van der Waals surface area contributed by atoms with Crippen LogP contribution in [0.15, 0.2) is 16.5 Å². The predicted molar refractivity (Wildman–Crippen MR) is 73.2 cm³/mol. The van der Waals surface area contributed by atoms with Crippen molar-refractivity contribution in [3.8, 4) is 0 Å². The third-order valence-corrected chi connectivity index (χ3v) is 3.50. The molecule has 2 rings (SSSR count). The van der Waals surface area contributed by atoms with E-state index in [2.05, 4.69) is 0 Å². The van der Waals surface area contributed by atoms with Crippen molar-refractivity contribution in [2.24, 2.45) is 11.8 Å². The predicted octanol–water partition coefficient (Wildman–Crippen LogP) is 2.18. The van der Waals surface area contributed by atoms with Crippen LogP contribution in [0, 0.1) is 11.8 Å². The first-order chi connectivity index (χ1) is 10.2. The Balaban J connectivity index is 0.00000264. The molecule has 1 fully saturated rings. The Kier molecular flexibility index (Phi) is 6.06. The van der Waals surface area contributed by atoms with E-state index in [4.69, 9.17) is 14.3 Å². The molecule has 1 saturated heterocycles. The van der Waals surface area contributed by atoms with E-state index >= 15 is 0 Å². The molecule has 1 amide bonds. The second kappa shape index (κ2) is 7.22. The molecule has 1 aromatic heterocycles. The molecule has 0 saturated carbocycles. The van der Waals surface area contributed by atoms with Crippen LogP contribution in [-0.4, -0.2) is 48.3 Å². The van der Waals surface area contributed by atoms with Crippen molar-refractivity contribution in [1.29, 1.82) is 0 Å². The smallest absolute Gasteiger partial charge is 0.394 e. The van der Waals surface area contributed by atoms with E-state index < -0.39 is 43.0 Å². The molecule has 1 aromatic rings. The summed E-state index contributed by atoms with van der Waals surface area (Å²) < 4.78 is 48.6. The maximum atomic E-state index is 12.9. The molecule has 0 aliphatic carbocycles. The number of methoxy groups -OCH3 is 1. The van der Waals surface area contributed by atoms with E-state index in [0.29, 0.717) is 5.76 Å². The van der Waals surface area contributed by atoms with Gasteiger partial charge in [0, 0.05) is 20.2 Å². The molecule has 1 N–H and O–H groups in total. The molecular formula is C13H15ClF3NO5. The first-order valence-electron chi connectivity index (χ1n) is 6.40. The molecule has 0 unspecified atom stereocenters. The molecule has 2 heterocycles. The molecular weight excluding hydrogens is 343 g/mol. The van der Waals surface area contributed by atoms with Crippen LogP contribution >= 0.6 is 12.4 Å². The number of amides is 1. The fourth-order valence-electron chi connectivity index (χ4n) is 2.42. The lowest BCUT2D eigenvalue weighted by molar-refractivity contribution is -0.187. The summed E-state index contributed by atoms with van der Waals surface area (Å²) in [4.78, 5) is 24.0. The second-order valence-electron chi connectivity index (χ2n) is 5.00. The number of nitrogens with zero attached hydrogens (tertiary/aromatic N) is 1. The SMILES string of the molecule is COCc1ccc(C(=O)N2C[C@@H](C(F)(F)F)[C@H](C(=O)O)C2)o1.Cl. The van der Waals surface area contributed by atoms with Gasteiger partial charge in [0.2, 0.25) is 0 Å². The van der Waals surface area contributed by atoms with Crippen molar-refractivity contribution in [2.45, 2.75) is 12.8 Å². The molecule has 6 nitrogen and oxygen atoms in total. The fraction of sp³-hybridized carbons (Fsp3) is 0.538. The van der Waals surface area contributed by atoms with E-state index in [1.807, 2.05) is 0 Å². The number of carboxylic acids is 1. The molecule has 0 spiro atoms. The van der Waals surface area contributed by atoms with E-state index in [1.165, 1.54) is 19.2 Å². The summed E-state index contributed by atoms with van der Waals surface area (Å²) in [7, 11) is 1.43. The number of furan rings is 1. The maximum Gasteiger partial charge on any atom is 0.394 e. The standard InChI is InChI=1S/C13H14F3NO5.ClH/c1-21-6-7-2-3-10(22-7)11(18)17-4-8(12(19)20)9(5-17)13(14,15)16;/h2-3,8-9H,4-6H2,1H3,(H,19,20);1H/t8-,9-;/m1./s1. The molecule has 0 aromatic carbocycles. The summed E-state index contributed by atoms with van der Waals surface area (Å²) in [6, 6.07) is 2.80. The number of hydrogen-bond donors (Lipinski definition) is 1. The number of ether oxygens (including phenoxy) is 1. The van der Waals surface area contributed by atoms with Crippen LogP contribution in [0.3, 0.4) is 0 Å². The Hall–Kier alpha value is -1.74. The Morgan fingerprint density at radius 3 is 2.52 bits per heavy atom. The fourth-order valence-corrected chi connectivity index (χ4v) is 2.42.